The summed E-state index contributed by atoms with van der Waals surface area (Å²) in [5, 5.41) is 2.84. The summed E-state index contributed by atoms with van der Waals surface area (Å²) in [7, 11) is 3.14. The van der Waals surface area contributed by atoms with E-state index in [1.807, 2.05) is 0 Å². The van der Waals surface area contributed by atoms with Gasteiger partial charge in [0.15, 0.2) is 6.29 Å². The lowest BCUT2D eigenvalue weighted by atomic mass is 9.86. The van der Waals surface area contributed by atoms with Gasteiger partial charge in [-0.25, -0.2) is 0 Å². The SMILES string of the molecule is COC(CNC(=O)CCC1CCCCC1)OC. The number of carbonyl (C=O) groups excluding carboxylic acids is 1. The normalized spacial score (nSPS) is 17.4. The second kappa shape index (κ2) is 8.48. The molecule has 4 nitrogen and oxygen atoms in total. The van der Waals surface area contributed by atoms with E-state index in [4.69, 9.17) is 9.47 Å². The van der Waals surface area contributed by atoms with Gasteiger partial charge in [0.1, 0.15) is 0 Å². The summed E-state index contributed by atoms with van der Waals surface area (Å²) in [5.74, 6) is 0.866. The zero-order chi connectivity index (χ0) is 12.5. The quantitative estimate of drug-likeness (QED) is 0.696. The minimum atomic E-state index is -0.339. The Hall–Kier alpha value is -0.610. The van der Waals surface area contributed by atoms with Gasteiger partial charge in [0.2, 0.25) is 5.91 Å². The maximum atomic E-state index is 11.6. The average molecular weight is 243 g/mol. The van der Waals surface area contributed by atoms with Crippen molar-refractivity contribution in [3.05, 3.63) is 0 Å². The molecule has 0 unspecified atom stereocenters. The Labute approximate surface area is 104 Å². The number of ether oxygens (including phenoxy) is 2. The molecule has 0 aromatic rings. The van der Waals surface area contributed by atoms with Crippen LogP contribution in [0.5, 0.6) is 0 Å². The molecule has 4 heteroatoms. The van der Waals surface area contributed by atoms with Gasteiger partial charge in [0.05, 0.1) is 6.54 Å². The van der Waals surface area contributed by atoms with Crippen molar-refractivity contribution in [2.24, 2.45) is 5.92 Å². The average Bonchev–Trinajstić information content (AvgIpc) is 2.39. The van der Waals surface area contributed by atoms with Gasteiger partial charge in [-0.05, 0) is 12.3 Å². The molecule has 1 aliphatic rings. The Bertz CT molecular complexity index is 211. The fraction of sp³-hybridized carbons (Fsp3) is 0.923. The molecule has 0 saturated heterocycles. The number of hydrogen-bond donors (Lipinski definition) is 1. The van der Waals surface area contributed by atoms with E-state index in [1.54, 1.807) is 14.2 Å². The fourth-order valence-electron chi connectivity index (χ4n) is 2.36. The highest BCUT2D eigenvalue weighted by Gasteiger charge is 2.15. The minimum absolute atomic E-state index is 0.106. The minimum Gasteiger partial charge on any atom is -0.354 e. The molecule has 1 N–H and O–H groups in total. The lowest BCUT2D eigenvalue weighted by Crippen LogP contribution is -2.34. The zero-order valence-corrected chi connectivity index (χ0v) is 11.0. The maximum absolute atomic E-state index is 11.6. The van der Waals surface area contributed by atoms with E-state index >= 15 is 0 Å². The van der Waals surface area contributed by atoms with Gasteiger partial charge in [0.25, 0.3) is 0 Å². The first-order valence-electron chi connectivity index (χ1n) is 6.58. The van der Waals surface area contributed by atoms with E-state index in [0.29, 0.717) is 13.0 Å². The monoisotopic (exact) mass is 243 g/mol. The van der Waals surface area contributed by atoms with Crippen LogP contribution in [0.3, 0.4) is 0 Å². The van der Waals surface area contributed by atoms with Crippen molar-refractivity contribution in [2.45, 2.75) is 51.2 Å². The van der Waals surface area contributed by atoms with Crippen molar-refractivity contribution < 1.29 is 14.3 Å². The molecule has 1 fully saturated rings. The van der Waals surface area contributed by atoms with Crippen molar-refractivity contribution in [3.63, 3.8) is 0 Å². The molecular weight excluding hydrogens is 218 g/mol. The third-order valence-corrected chi connectivity index (χ3v) is 3.50. The summed E-state index contributed by atoms with van der Waals surface area (Å²) >= 11 is 0. The summed E-state index contributed by atoms with van der Waals surface area (Å²) in [4.78, 5) is 11.6. The molecule has 0 radical (unpaired) electrons. The maximum Gasteiger partial charge on any atom is 0.220 e. The molecule has 1 amide bonds. The van der Waals surface area contributed by atoms with Crippen LogP contribution in [0.2, 0.25) is 0 Å². The molecule has 0 aromatic heterocycles. The number of carbonyl (C=O) groups is 1. The molecule has 0 atom stereocenters. The molecule has 0 heterocycles. The number of nitrogens with one attached hydrogen (secondary N) is 1. The Balaban J connectivity index is 2.07. The third-order valence-electron chi connectivity index (χ3n) is 3.50. The van der Waals surface area contributed by atoms with E-state index in [2.05, 4.69) is 5.32 Å². The van der Waals surface area contributed by atoms with Gasteiger partial charge in [-0.3, -0.25) is 4.79 Å². The Kier molecular flexibility index (Phi) is 7.21. The van der Waals surface area contributed by atoms with Crippen LogP contribution in [0.1, 0.15) is 44.9 Å². The van der Waals surface area contributed by atoms with Gasteiger partial charge < -0.3 is 14.8 Å². The Morgan fingerprint density at radius 2 is 1.88 bits per heavy atom. The van der Waals surface area contributed by atoms with Crippen molar-refractivity contribution in [3.8, 4) is 0 Å². The first-order valence-corrected chi connectivity index (χ1v) is 6.58. The topological polar surface area (TPSA) is 47.6 Å². The number of methoxy groups -OCH3 is 2. The molecular formula is C13H25NO3. The van der Waals surface area contributed by atoms with Crippen LogP contribution >= 0.6 is 0 Å². The Morgan fingerprint density at radius 1 is 1.24 bits per heavy atom. The number of hydrogen-bond acceptors (Lipinski definition) is 3. The Morgan fingerprint density at radius 3 is 2.47 bits per heavy atom. The first-order chi connectivity index (χ1) is 8.26. The van der Waals surface area contributed by atoms with E-state index in [0.717, 1.165) is 12.3 Å². The van der Waals surface area contributed by atoms with E-state index in [-0.39, 0.29) is 12.2 Å². The van der Waals surface area contributed by atoms with Gasteiger partial charge >= 0.3 is 0 Å². The molecule has 0 bridgehead atoms. The van der Waals surface area contributed by atoms with Crippen molar-refractivity contribution in [1.29, 1.82) is 0 Å². The predicted molar refractivity (Wildman–Crippen MR) is 66.6 cm³/mol. The summed E-state index contributed by atoms with van der Waals surface area (Å²) in [6.07, 6.45) is 7.95. The van der Waals surface area contributed by atoms with E-state index in [9.17, 15) is 4.79 Å². The summed E-state index contributed by atoms with van der Waals surface area (Å²) in [6.45, 7) is 0.427. The molecule has 100 valence electrons. The second-order valence-corrected chi connectivity index (χ2v) is 4.75. The van der Waals surface area contributed by atoms with Gasteiger partial charge in [-0.1, -0.05) is 32.1 Å². The van der Waals surface area contributed by atoms with Gasteiger partial charge in [0, 0.05) is 20.6 Å². The number of rotatable bonds is 7. The predicted octanol–water partition coefficient (Wildman–Crippen LogP) is 2.08. The van der Waals surface area contributed by atoms with E-state index < -0.39 is 0 Å². The van der Waals surface area contributed by atoms with E-state index in [1.165, 1.54) is 32.1 Å². The summed E-state index contributed by atoms with van der Waals surface area (Å²) in [5.41, 5.74) is 0. The zero-order valence-electron chi connectivity index (χ0n) is 11.0. The van der Waals surface area contributed by atoms with Crippen LogP contribution in [0, 0.1) is 5.92 Å². The van der Waals surface area contributed by atoms with Gasteiger partial charge in [-0.15, -0.1) is 0 Å². The van der Waals surface area contributed by atoms with Crippen LogP contribution in [0.4, 0.5) is 0 Å². The van der Waals surface area contributed by atoms with Crippen LogP contribution in [0.25, 0.3) is 0 Å². The number of amides is 1. The first kappa shape index (κ1) is 14.5. The van der Waals surface area contributed by atoms with Crippen molar-refractivity contribution in [1.82, 2.24) is 5.32 Å². The van der Waals surface area contributed by atoms with Gasteiger partial charge in [-0.2, -0.15) is 0 Å². The lowest BCUT2D eigenvalue weighted by molar-refractivity contribution is -0.127. The summed E-state index contributed by atoms with van der Waals surface area (Å²) in [6, 6.07) is 0. The molecule has 0 aromatic carbocycles. The fourth-order valence-corrected chi connectivity index (χ4v) is 2.36. The molecule has 1 saturated carbocycles. The van der Waals surface area contributed by atoms with Crippen LogP contribution in [-0.4, -0.2) is 33.0 Å². The van der Waals surface area contributed by atoms with Crippen LogP contribution in [-0.2, 0) is 14.3 Å². The lowest BCUT2D eigenvalue weighted by Gasteiger charge is -2.21. The molecule has 1 aliphatic carbocycles. The van der Waals surface area contributed by atoms with Crippen molar-refractivity contribution in [2.75, 3.05) is 20.8 Å². The highest BCUT2D eigenvalue weighted by Crippen LogP contribution is 2.27. The largest absolute Gasteiger partial charge is 0.354 e. The molecule has 0 aliphatic heterocycles. The standard InChI is InChI=1S/C13H25NO3/c1-16-13(17-2)10-14-12(15)9-8-11-6-4-3-5-7-11/h11,13H,3-10H2,1-2H3,(H,14,15). The second-order valence-electron chi connectivity index (χ2n) is 4.75. The van der Waals surface area contributed by atoms with Crippen LogP contribution in [0.15, 0.2) is 0 Å². The summed E-state index contributed by atoms with van der Waals surface area (Å²) < 4.78 is 10.0. The molecule has 0 spiro atoms. The highest BCUT2D eigenvalue weighted by atomic mass is 16.7. The van der Waals surface area contributed by atoms with Crippen LogP contribution < -0.4 is 5.32 Å². The van der Waals surface area contributed by atoms with Crippen molar-refractivity contribution >= 4 is 5.91 Å². The molecule has 17 heavy (non-hydrogen) atoms. The third kappa shape index (κ3) is 6.03. The smallest absolute Gasteiger partial charge is 0.220 e. The molecule has 1 rings (SSSR count). The highest BCUT2D eigenvalue weighted by molar-refractivity contribution is 5.75.